The van der Waals surface area contributed by atoms with Crippen LogP contribution in [-0.4, -0.2) is 9.97 Å². The van der Waals surface area contributed by atoms with Gasteiger partial charge in [-0.3, -0.25) is 0 Å². The monoisotopic (exact) mass is 322 g/mol. The second-order valence-corrected chi connectivity index (χ2v) is 6.13. The van der Waals surface area contributed by atoms with Crippen molar-refractivity contribution in [2.45, 2.75) is 6.92 Å². The summed E-state index contributed by atoms with van der Waals surface area (Å²) in [5.41, 5.74) is 4.02. The second-order valence-electron chi connectivity index (χ2n) is 5.10. The molecule has 0 saturated heterocycles. The van der Waals surface area contributed by atoms with E-state index >= 15 is 0 Å². The first kappa shape index (κ1) is 13.8. The summed E-state index contributed by atoms with van der Waals surface area (Å²) < 4.78 is 6.40. The first-order valence-corrected chi connectivity index (χ1v) is 7.99. The number of thiazole rings is 1. The molecule has 0 atom stereocenters. The molecule has 0 bridgehead atoms. The van der Waals surface area contributed by atoms with Crippen molar-refractivity contribution in [3.8, 4) is 0 Å². The van der Waals surface area contributed by atoms with Crippen LogP contribution in [0.4, 0.5) is 22.5 Å². The van der Waals surface area contributed by atoms with Crippen molar-refractivity contribution in [1.29, 1.82) is 0 Å². The number of nitrogens with zero attached hydrogens (tertiary/aromatic N) is 2. The van der Waals surface area contributed by atoms with Crippen LogP contribution in [0.1, 0.15) is 5.56 Å². The van der Waals surface area contributed by atoms with Gasteiger partial charge in [0.1, 0.15) is 6.26 Å². The van der Waals surface area contributed by atoms with Crippen LogP contribution in [0.5, 0.6) is 0 Å². The van der Waals surface area contributed by atoms with E-state index in [1.165, 1.54) is 4.70 Å². The Hall–Kier alpha value is -2.86. The number of hydrogen-bond donors (Lipinski definition) is 2. The van der Waals surface area contributed by atoms with Crippen LogP contribution in [0.15, 0.2) is 59.3 Å². The smallest absolute Gasteiger partial charge is 0.299 e. The van der Waals surface area contributed by atoms with Gasteiger partial charge in [0.15, 0.2) is 5.13 Å². The summed E-state index contributed by atoms with van der Waals surface area (Å²) in [7, 11) is 0. The Morgan fingerprint density at radius 2 is 2.00 bits per heavy atom. The molecule has 0 radical (unpaired) electrons. The lowest BCUT2D eigenvalue weighted by molar-refractivity contribution is 0.578. The number of rotatable bonds is 4. The maximum Gasteiger partial charge on any atom is 0.299 e. The molecule has 4 rings (SSSR count). The van der Waals surface area contributed by atoms with E-state index < -0.39 is 0 Å². The van der Waals surface area contributed by atoms with E-state index in [-0.39, 0.29) is 0 Å². The Kier molecular flexibility index (Phi) is 3.44. The van der Waals surface area contributed by atoms with E-state index in [0.29, 0.717) is 6.01 Å². The summed E-state index contributed by atoms with van der Waals surface area (Å²) in [6.45, 7) is 2.03. The Bertz CT molecular complexity index is 913. The first-order valence-electron chi connectivity index (χ1n) is 7.18. The third-order valence-electron chi connectivity index (χ3n) is 3.46. The number of nitrogens with one attached hydrogen (secondary N) is 2. The van der Waals surface area contributed by atoms with Crippen LogP contribution in [0.25, 0.3) is 10.2 Å². The van der Waals surface area contributed by atoms with Gasteiger partial charge in [-0.15, -0.1) is 0 Å². The molecule has 23 heavy (non-hydrogen) atoms. The third-order valence-corrected chi connectivity index (χ3v) is 4.41. The van der Waals surface area contributed by atoms with E-state index in [1.807, 2.05) is 43.3 Å². The number of benzene rings is 2. The molecule has 0 amide bonds. The van der Waals surface area contributed by atoms with E-state index in [4.69, 9.17) is 4.42 Å². The highest BCUT2D eigenvalue weighted by Gasteiger charge is 2.06. The van der Waals surface area contributed by atoms with Gasteiger partial charge in [0.05, 0.1) is 16.4 Å². The molecule has 0 fully saturated rings. The Morgan fingerprint density at radius 1 is 1.09 bits per heavy atom. The van der Waals surface area contributed by atoms with Crippen LogP contribution < -0.4 is 10.6 Å². The summed E-state index contributed by atoms with van der Waals surface area (Å²) in [6, 6.07) is 14.7. The lowest BCUT2D eigenvalue weighted by Crippen LogP contribution is -1.96. The first-order chi connectivity index (χ1) is 11.3. The Morgan fingerprint density at radius 3 is 2.83 bits per heavy atom. The Labute approximate surface area is 137 Å². The fourth-order valence-electron chi connectivity index (χ4n) is 2.28. The topological polar surface area (TPSA) is 63.0 Å². The highest BCUT2D eigenvalue weighted by atomic mass is 32.1. The number of anilines is 4. The number of aromatic nitrogens is 2. The Balaban J connectivity index is 1.61. The van der Waals surface area contributed by atoms with Crippen molar-refractivity contribution >= 4 is 44.1 Å². The number of para-hydroxylation sites is 1. The fourth-order valence-corrected chi connectivity index (χ4v) is 3.17. The average Bonchev–Trinajstić information content (AvgIpc) is 3.19. The lowest BCUT2D eigenvalue weighted by Gasteiger charge is -2.09. The largest absolute Gasteiger partial charge is 0.432 e. The minimum absolute atomic E-state index is 0.477. The number of fused-ring (bicyclic) bond motifs is 1. The van der Waals surface area contributed by atoms with Crippen LogP contribution >= 0.6 is 11.3 Å². The van der Waals surface area contributed by atoms with E-state index in [0.717, 1.165) is 27.6 Å². The highest BCUT2D eigenvalue weighted by Crippen LogP contribution is 2.30. The van der Waals surface area contributed by atoms with Crippen LogP contribution in [0, 0.1) is 6.92 Å². The molecule has 0 saturated carbocycles. The number of hydrogen-bond acceptors (Lipinski definition) is 6. The average molecular weight is 322 g/mol. The van der Waals surface area contributed by atoms with Crippen molar-refractivity contribution < 1.29 is 4.42 Å². The molecule has 0 aliphatic rings. The summed E-state index contributed by atoms with van der Waals surface area (Å²) in [4.78, 5) is 8.68. The number of oxazole rings is 1. The maximum absolute atomic E-state index is 5.24. The molecule has 5 nitrogen and oxygen atoms in total. The molecule has 0 unspecified atom stereocenters. The molecule has 4 aromatic rings. The van der Waals surface area contributed by atoms with Gasteiger partial charge < -0.3 is 15.1 Å². The predicted octanol–water partition coefficient (Wildman–Crippen LogP) is 5.08. The van der Waals surface area contributed by atoms with Gasteiger partial charge >= 0.3 is 0 Å². The molecular formula is C17H14N4OS. The molecule has 0 spiro atoms. The molecule has 2 heterocycles. The van der Waals surface area contributed by atoms with Gasteiger partial charge in [0.25, 0.3) is 6.01 Å². The second kappa shape index (κ2) is 5.73. The zero-order chi connectivity index (χ0) is 15.6. The SMILES string of the molecule is Cc1ccc(Nc2nc3ccccc3s2)cc1Nc1ncco1. The van der Waals surface area contributed by atoms with E-state index in [1.54, 1.807) is 23.8 Å². The minimum Gasteiger partial charge on any atom is -0.432 e. The normalized spacial score (nSPS) is 10.8. The van der Waals surface area contributed by atoms with Crippen LogP contribution in [0.3, 0.4) is 0 Å². The van der Waals surface area contributed by atoms with Gasteiger partial charge in [0.2, 0.25) is 0 Å². The van der Waals surface area contributed by atoms with Gasteiger partial charge in [0, 0.05) is 11.4 Å². The van der Waals surface area contributed by atoms with Gasteiger partial charge in [-0.05, 0) is 36.8 Å². The molecular weight excluding hydrogens is 308 g/mol. The molecule has 6 heteroatoms. The molecule has 114 valence electrons. The van der Waals surface area contributed by atoms with Crippen LogP contribution in [-0.2, 0) is 0 Å². The zero-order valence-corrected chi connectivity index (χ0v) is 13.2. The van der Waals surface area contributed by atoms with Gasteiger partial charge in [-0.25, -0.2) is 9.97 Å². The molecule has 2 aromatic carbocycles. The van der Waals surface area contributed by atoms with Crippen molar-refractivity contribution in [3.05, 3.63) is 60.5 Å². The maximum atomic E-state index is 5.24. The van der Waals surface area contributed by atoms with E-state index in [2.05, 4.69) is 26.7 Å². The van der Waals surface area contributed by atoms with Crippen molar-refractivity contribution in [1.82, 2.24) is 9.97 Å². The summed E-state index contributed by atoms with van der Waals surface area (Å²) in [5, 5.41) is 7.40. The highest BCUT2D eigenvalue weighted by molar-refractivity contribution is 7.22. The van der Waals surface area contributed by atoms with E-state index in [9.17, 15) is 0 Å². The fraction of sp³-hybridized carbons (Fsp3) is 0.0588. The summed E-state index contributed by atoms with van der Waals surface area (Å²) in [6.07, 6.45) is 3.15. The predicted molar refractivity (Wildman–Crippen MR) is 93.9 cm³/mol. The van der Waals surface area contributed by atoms with Gasteiger partial charge in [-0.1, -0.05) is 29.5 Å². The zero-order valence-electron chi connectivity index (χ0n) is 12.4. The molecule has 0 aliphatic heterocycles. The summed E-state index contributed by atoms with van der Waals surface area (Å²) >= 11 is 1.63. The quantitative estimate of drug-likeness (QED) is 0.548. The third kappa shape index (κ3) is 2.89. The standard InChI is InChI=1S/C17H14N4OS/c1-11-6-7-12(10-14(11)20-16-18-8-9-22-16)19-17-21-13-4-2-3-5-15(13)23-17/h2-10H,1H3,(H,18,20)(H,19,21). The lowest BCUT2D eigenvalue weighted by atomic mass is 10.2. The van der Waals surface area contributed by atoms with Crippen molar-refractivity contribution in [3.63, 3.8) is 0 Å². The molecule has 2 aromatic heterocycles. The summed E-state index contributed by atoms with van der Waals surface area (Å²) in [5.74, 6) is 0. The molecule has 2 N–H and O–H groups in total. The van der Waals surface area contributed by atoms with Gasteiger partial charge in [-0.2, -0.15) is 0 Å². The minimum atomic E-state index is 0.477. The molecule has 0 aliphatic carbocycles. The van der Waals surface area contributed by atoms with Crippen LogP contribution in [0.2, 0.25) is 0 Å². The number of aryl methyl sites for hydroxylation is 1. The van der Waals surface area contributed by atoms with Crippen molar-refractivity contribution in [2.24, 2.45) is 0 Å². The van der Waals surface area contributed by atoms with Crippen molar-refractivity contribution in [2.75, 3.05) is 10.6 Å².